The van der Waals surface area contributed by atoms with Gasteiger partial charge in [0.1, 0.15) is 5.54 Å². The molecule has 126 valence electrons. The van der Waals surface area contributed by atoms with Crippen LogP contribution in [0.25, 0.3) is 0 Å². The first-order chi connectivity index (χ1) is 9.71. The molecule has 0 saturated heterocycles. The van der Waals surface area contributed by atoms with E-state index in [1.165, 1.54) is 0 Å². The Morgan fingerprint density at radius 1 is 1.24 bits per heavy atom. The second-order valence-corrected chi connectivity index (χ2v) is 6.77. The summed E-state index contributed by atoms with van der Waals surface area (Å²) >= 11 is 0. The average molecular weight is 301 g/mol. The zero-order valence-corrected chi connectivity index (χ0v) is 14.8. The monoisotopic (exact) mass is 301 g/mol. The average Bonchev–Trinajstić information content (AvgIpc) is 2.35. The van der Waals surface area contributed by atoms with Crippen LogP contribution in [0.3, 0.4) is 0 Å². The van der Waals surface area contributed by atoms with Crippen LogP contribution in [0.5, 0.6) is 0 Å². The number of carboxylic acid groups (broad SMARTS) is 1. The molecule has 0 aliphatic carbocycles. The van der Waals surface area contributed by atoms with Gasteiger partial charge in [-0.2, -0.15) is 0 Å². The summed E-state index contributed by atoms with van der Waals surface area (Å²) in [6.45, 7) is 13.0. The van der Waals surface area contributed by atoms with Gasteiger partial charge >= 0.3 is 5.97 Å². The van der Waals surface area contributed by atoms with Gasteiger partial charge in [0, 0.05) is 19.6 Å². The second kappa shape index (κ2) is 10.1. The van der Waals surface area contributed by atoms with Crippen molar-refractivity contribution in [3.63, 3.8) is 0 Å². The third-order valence-electron chi connectivity index (χ3n) is 3.68. The lowest BCUT2D eigenvalue weighted by Crippen LogP contribution is -2.49. The molecule has 0 aromatic rings. The number of nitrogens with zero attached hydrogens (tertiary/aromatic N) is 2. The smallest absolute Gasteiger partial charge is 0.323 e. The number of aliphatic carboxylic acids is 1. The summed E-state index contributed by atoms with van der Waals surface area (Å²) in [7, 11) is 4.17. The number of carboxylic acids is 1. The van der Waals surface area contributed by atoms with Crippen molar-refractivity contribution in [2.45, 2.75) is 46.1 Å². The highest BCUT2D eigenvalue weighted by Crippen LogP contribution is 2.14. The topological polar surface area (TPSA) is 55.8 Å². The molecular weight excluding hydrogens is 266 g/mol. The lowest BCUT2D eigenvalue weighted by molar-refractivity contribution is -0.144. The molecule has 2 N–H and O–H groups in total. The predicted molar refractivity (Wildman–Crippen MR) is 88.8 cm³/mol. The zero-order valence-electron chi connectivity index (χ0n) is 14.8. The van der Waals surface area contributed by atoms with Crippen LogP contribution in [0.2, 0.25) is 0 Å². The summed E-state index contributed by atoms with van der Waals surface area (Å²) in [5.41, 5.74) is -0.806. The number of carbonyl (C=O) groups is 1. The maximum atomic E-state index is 11.4. The molecule has 0 bridgehead atoms. The standard InChI is InChI=1S/C16H35N3O2/c1-7-17-16(4,15(20)21)9-8-10-19(13-14(2)3)12-11-18(5)6/h14,17H,7-13H2,1-6H3,(H,20,21). The van der Waals surface area contributed by atoms with Crippen molar-refractivity contribution in [3.8, 4) is 0 Å². The molecular formula is C16H35N3O2. The minimum Gasteiger partial charge on any atom is -0.480 e. The molecule has 0 radical (unpaired) electrons. The van der Waals surface area contributed by atoms with Crippen LogP contribution >= 0.6 is 0 Å². The molecule has 0 aromatic heterocycles. The molecule has 0 fully saturated rings. The van der Waals surface area contributed by atoms with E-state index in [4.69, 9.17) is 0 Å². The maximum absolute atomic E-state index is 11.4. The Morgan fingerprint density at radius 2 is 1.86 bits per heavy atom. The Morgan fingerprint density at radius 3 is 2.29 bits per heavy atom. The molecule has 0 aromatic carbocycles. The molecule has 21 heavy (non-hydrogen) atoms. The zero-order chi connectivity index (χ0) is 16.5. The first-order valence-corrected chi connectivity index (χ1v) is 8.06. The van der Waals surface area contributed by atoms with Gasteiger partial charge in [0.25, 0.3) is 0 Å². The quantitative estimate of drug-likeness (QED) is 0.575. The largest absolute Gasteiger partial charge is 0.480 e. The minimum atomic E-state index is -0.806. The summed E-state index contributed by atoms with van der Waals surface area (Å²) in [5, 5.41) is 12.5. The second-order valence-electron chi connectivity index (χ2n) is 6.77. The van der Waals surface area contributed by atoms with Gasteiger partial charge in [-0.15, -0.1) is 0 Å². The highest BCUT2D eigenvalue weighted by molar-refractivity contribution is 5.78. The van der Waals surface area contributed by atoms with E-state index in [2.05, 4.69) is 43.1 Å². The fraction of sp³-hybridized carbons (Fsp3) is 0.938. The van der Waals surface area contributed by atoms with Gasteiger partial charge in [-0.3, -0.25) is 4.79 Å². The Labute approximate surface area is 130 Å². The van der Waals surface area contributed by atoms with E-state index in [9.17, 15) is 9.90 Å². The first-order valence-electron chi connectivity index (χ1n) is 8.06. The fourth-order valence-electron chi connectivity index (χ4n) is 2.47. The molecule has 1 atom stereocenters. The molecule has 0 saturated carbocycles. The van der Waals surface area contributed by atoms with E-state index in [1.54, 1.807) is 6.92 Å². The van der Waals surface area contributed by atoms with E-state index in [0.717, 1.165) is 32.6 Å². The summed E-state index contributed by atoms with van der Waals surface area (Å²) < 4.78 is 0. The van der Waals surface area contributed by atoms with Gasteiger partial charge in [0.2, 0.25) is 0 Å². The molecule has 0 amide bonds. The number of hydrogen-bond donors (Lipinski definition) is 2. The third kappa shape index (κ3) is 9.06. The SMILES string of the molecule is CCNC(C)(CCCN(CCN(C)C)CC(C)C)C(=O)O. The molecule has 0 aliphatic rings. The first kappa shape index (κ1) is 20.3. The van der Waals surface area contributed by atoms with Crippen molar-refractivity contribution >= 4 is 5.97 Å². The van der Waals surface area contributed by atoms with Crippen LogP contribution in [0.4, 0.5) is 0 Å². The van der Waals surface area contributed by atoms with Crippen molar-refractivity contribution in [1.82, 2.24) is 15.1 Å². The highest BCUT2D eigenvalue weighted by atomic mass is 16.4. The lowest BCUT2D eigenvalue weighted by atomic mass is 9.95. The Hall–Kier alpha value is -0.650. The predicted octanol–water partition coefficient (Wildman–Crippen LogP) is 1.74. The Kier molecular flexibility index (Phi) is 9.83. The van der Waals surface area contributed by atoms with Gasteiger partial charge in [0.15, 0.2) is 0 Å². The Balaban J connectivity index is 4.35. The van der Waals surface area contributed by atoms with Gasteiger partial charge in [0.05, 0.1) is 0 Å². The van der Waals surface area contributed by atoms with Gasteiger partial charge in [-0.25, -0.2) is 0 Å². The van der Waals surface area contributed by atoms with E-state index in [0.29, 0.717) is 18.9 Å². The van der Waals surface area contributed by atoms with Crippen LogP contribution in [0.15, 0.2) is 0 Å². The minimum absolute atomic E-state index is 0.631. The van der Waals surface area contributed by atoms with E-state index >= 15 is 0 Å². The summed E-state index contributed by atoms with van der Waals surface area (Å²) in [6.07, 6.45) is 1.56. The maximum Gasteiger partial charge on any atom is 0.323 e. The summed E-state index contributed by atoms with van der Waals surface area (Å²) in [4.78, 5) is 16.0. The van der Waals surface area contributed by atoms with E-state index in [-0.39, 0.29) is 0 Å². The molecule has 5 heteroatoms. The Bertz CT molecular complexity index is 295. The van der Waals surface area contributed by atoms with Crippen LogP contribution < -0.4 is 5.32 Å². The molecule has 0 spiro atoms. The molecule has 0 aliphatic heterocycles. The summed E-state index contributed by atoms with van der Waals surface area (Å²) in [6, 6.07) is 0. The van der Waals surface area contributed by atoms with Crippen molar-refractivity contribution in [1.29, 1.82) is 0 Å². The van der Waals surface area contributed by atoms with E-state index < -0.39 is 11.5 Å². The number of nitrogens with one attached hydrogen (secondary N) is 1. The van der Waals surface area contributed by atoms with Gasteiger partial charge < -0.3 is 20.2 Å². The molecule has 0 heterocycles. The summed E-state index contributed by atoms with van der Waals surface area (Å²) in [5.74, 6) is -0.125. The van der Waals surface area contributed by atoms with Crippen molar-refractivity contribution < 1.29 is 9.90 Å². The normalized spacial score (nSPS) is 14.9. The van der Waals surface area contributed by atoms with Crippen LogP contribution in [-0.2, 0) is 4.79 Å². The van der Waals surface area contributed by atoms with Crippen molar-refractivity contribution in [2.75, 3.05) is 46.8 Å². The molecule has 1 unspecified atom stereocenters. The van der Waals surface area contributed by atoms with Gasteiger partial charge in [-0.1, -0.05) is 20.8 Å². The molecule has 5 nitrogen and oxygen atoms in total. The van der Waals surface area contributed by atoms with Crippen LogP contribution in [-0.4, -0.2) is 73.2 Å². The fourth-order valence-corrected chi connectivity index (χ4v) is 2.47. The number of rotatable bonds is 12. The highest BCUT2D eigenvalue weighted by Gasteiger charge is 2.31. The third-order valence-corrected chi connectivity index (χ3v) is 3.68. The van der Waals surface area contributed by atoms with Crippen molar-refractivity contribution in [3.05, 3.63) is 0 Å². The van der Waals surface area contributed by atoms with Crippen molar-refractivity contribution in [2.24, 2.45) is 5.92 Å². The number of hydrogen-bond acceptors (Lipinski definition) is 4. The van der Waals surface area contributed by atoms with E-state index in [1.807, 2.05) is 6.92 Å². The van der Waals surface area contributed by atoms with Crippen LogP contribution in [0, 0.1) is 5.92 Å². The number of likely N-dealkylation sites (N-methyl/N-ethyl adjacent to an activating group) is 2. The lowest BCUT2D eigenvalue weighted by Gasteiger charge is -2.29. The van der Waals surface area contributed by atoms with Gasteiger partial charge in [-0.05, 0) is 52.9 Å². The molecule has 0 rings (SSSR count). The van der Waals surface area contributed by atoms with Crippen LogP contribution in [0.1, 0.15) is 40.5 Å².